The van der Waals surface area contributed by atoms with Crippen LogP contribution in [-0.2, 0) is 6.54 Å². The van der Waals surface area contributed by atoms with Crippen molar-refractivity contribution in [1.29, 1.82) is 5.26 Å². The quantitative estimate of drug-likeness (QED) is 0.496. The molecule has 178 valence electrons. The van der Waals surface area contributed by atoms with Crippen LogP contribution in [0.25, 0.3) is 21.9 Å². The lowest BCUT2D eigenvalue weighted by Gasteiger charge is -2.42. The summed E-state index contributed by atoms with van der Waals surface area (Å²) in [6, 6.07) is 17.3. The summed E-state index contributed by atoms with van der Waals surface area (Å²) in [7, 11) is 0. The van der Waals surface area contributed by atoms with E-state index in [0.717, 1.165) is 29.5 Å². The summed E-state index contributed by atoms with van der Waals surface area (Å²) in [5, 5.41) is 21.0. The summed E-state index contributed by atoms with van der Waals surface area (Å²) in [5.74, 6) is 1.75. The highest BCUT2D eigenvalue weighted by molar-refractivity contribution is 5.99. The van der Waals surface area contributed by atoms with Crippen LogP contribution in [0.15, 0.2) is 48.5 Å². The molecule has 35 heavy (non-hydrogen) atoms. The Balaban J connectivity index is 0.00000140. The van der Waals surface area contributed by atoms with Crippen molar-refractivity contribution in [3.63, 3.8) is 0 Å². The smallest absolute Gasteiger partial charge is 0.270 e. The van der Waals surface area contributed by atoms with Gasteiger partial charge in [-0.3, -0.25) is 9.59 Å². The third kappa shape index (κ3) is 2.92. The lowest BCUT2D eigenvalue weighted by Crippen LogP contribution is -2.44. The van der Waals surface area contributed by atoms with Crippen LogP contribution in [0.5, 0.6) is 0 Å². The Bertz CT molecular complexity index is 1540. The molecule has 9 heteroatoms. The number of para-hydroxylation sites is 1. The van der Waals surface area contributed by atoms with Crippen molar-refractivity contribution in [3.8, 4) is 6.07 Å². The highest BCUT2D eigenvalue weighted by Gasteiger charge is 2.59. The van der Waals surface area contributed by atoms with Crippen LogP contribution >= 0.6 is 0 Å². The molecule has 7 rings (SSSR count). The molecule has 9 nitrogen and oxygen atoms in total. The number of nitrogens with one attached hydrogen (secondary N) is 1. The molecule has 2 amide bonds. The summed E-state index contributed by atoms with van der Waals surface area (Å²) in [5.41, 5.74) is 3.57. The van der Waals surface area contributed by atoms with Crippen molar-refractivity contribution < 1.29 is 12.4 Å². The minimum atomic E-state index is -0.00206. The van der Waals surface area contributed by atoms with E-state index in [4.69, 9.17) is 0 Å². The van der Waals surface area contributed by atoms with E-state index >= 15 is 0 Å². The van der Waals surface area contributed by atoms with E-state index in [1.165, 1.54) is 0 Å². The van der Waals surface area contributed by atoms with Gasteiger partial charge < -0.3 is 14.4 Å². The topological polar surface area (TPSA) is 111 Å². The Morgan fingerprint density at radius 1 is 0.914 bits per heavy atom. The van der Waals surface area contributed by atoms with E-state index < -0.39 is 0 Å². The van der Waals surface area contributed by atoms with Crippen LogP contribution < -0.4 is 0 Å². The molecule has 2 aromatic carbocycles. The number of fused-ring (bicyclic) bond motifs is 6. The number of likely N-dealkylation sites (tertiary alicyclic amines) is 2. The maximum absolute atomic E-state index is 13.5. The maximum atomic E-state index is 13.5. The van der Waals surface area contributed by atoms with Crippen molar-refractivity contribution >= 4 is 33.8 Å². The molecule has 4 atom stereocenters. The van der Waals surface area contributed by atoms with Gasteiger partial charge in [0, 0.05) is 45.5 Å². The van der Waals surface area contributed by atoms with Gasteiger partial charge in [-0.25, -0.2) is 0 Å². The molecule has 4 aromatic rings. The molecule has 1 aliphatic carbocycles. The number of rotatable bonds is 3. The molecular weight excluding hydrogens is 442 g/mol. The highest BCUT2D eigenvalue weighted by Crippen LogP contribution is 2.54. The van der Waals surface area contributed by atoms with Crippen molar-refractivity contribution in [2.24, 2.45) is 23.7 Å². The number of aromatic amines is 1. The van der Waals surface area contributed by atoms with Gasteiger partial charge in [-0.15, -0.1) is 0 Å². The molecular formula is C26H27N7O2. The average molecular weight is 470 g/mol. The van der Waals surface area contributed by atoms with Crippen molar-refractivity contribution in [2.45, 2.75) is 6.54 Å². The van der Waals surface area contributed by atoms with Crippen LogP contribution in [0.1, 0.15) is 23.7 Å². The van der Waals surface area contributed by atoms with E-state index in [1.807, 2.05) is 56.8 Å². The zero-order valence-corrected chi connectivity index (χ0v) is 19.0. The first-order valence-electron chi connectivity index (χ1n) is 12.0. The number of hydrogen-bond donors (Lipinski definition) is 1. The molecule has 3 aliphatic rings. The van der Waals surface area contributed by atoms with Crippen molar-refractivity contribution in [2.75, 3.05) is 26.2 Å². The van der Waals surface area contributed by atoms with Gasteiger partial charge in [0.25, 0.3) is 11.8 Å². The number of aromatic nitrogens is 4. The Kier molecular flexibility index (Phi) is 4.27. The van der Waals surface area contributed by atoms with Gasteiger partial charge in [-0.1, -0.05) is 18.2 Å². The SMILES string of the molecule is N#CCn1c(C(=O)N2CC3C(C2)[C@@H]2CN(C(=O)c4ccc5n[nH]nc5c4)C[C@H]32)cc2ccccc21.[HH].[HH]. The molecule has 2 aliphatic heterocycles. The van der Waals surface area contributed by atoms with E-state index in [9.17, 15) is 14.9 Å². The molecule has 2 saturated heterocycles. The lowest BCUT2D eigenvalue weighted by atomic mass is 9.60. The minimum Gasteiger partial charge on any atom is -0.338 e. The molecule has 0 bridgehead atoms. The molecule has 0 radical (unpaired) electrons. The van der Waals surface area contributed by atoms with Crippen LogP contribution in [0.2, 0.25) is 0 Å². The second-order valence-electron chi connectivity index (χ2n) is 9.94. The Morgan fingerprint density at radius 2 is 1.57 bits per heavy atom. The van der Waals surface area contributed by atoms with E-state index in [0.29, 0.717) is 53.5 Å². The van der Waals surface area contributed by atoms with Gasteiger partial charge >= 0.3 is 0 Å². The van der Waals surface area contributed by atoms with Gasteiger partial charge in [0.15, 0.2) is 0 Å². The standard InChI is InChI=1S/C26H23N7O2.2H2/c27-7-8-33-23-4-2-1-3-15(23)10-24(33)26(35)32-13-19-17-11-31(12-18(17)20(19)14-32)25(34)16-5-6-21-22(9-16)29-30-28-21;;/h1-6,9-10,17-20H,8,11-14H2,(H,28,29,30);2*1H/t17-,18+,19?,20?;;. The number of nitriles is 1. The lowest BCUT2D eigenvalue weighted by molar-refractivity contribution is 0.0629. The highest BCUT2D eigenvalue weighted by atomic mass is 16.2. The van der Waals surface area contributed by atoms with Gasteiger partial charge in [0.2, 0.25) is 0 Å². The second kappa shape index (κ2) is 7.40. The number of carbonyl (C=O) groups excluding carboxylic acids is 2. The number of amides is 2. The first-order valence-corrected chi connectivity index (χ1v) is 12.0. The normalized spacial score (nSPS) is 24.9. The average Bonchev–Trinajstić information content (AvgIpc) is 3.64. The van der Waals surface area contributed by atoms with Crippen LogP contribution in [0, 0.1) is 35.0 Å². The number of H-pyrrole nitrogens is 1. The Hall–Kier alpha value is -4.19. The summed E-state index contributed by atoms with van der Waals surface area (Å²) in [6.07, 6.45) is 0. The second-order valence-corrected chi connectivity index (χ2v) is 9.94. The van der Waals surface area contributed by atoms with Crippen LogP contribution in [-0.4, -0.2) is 67.8 Å². The summed E-state index contributed by atoms with van der Waals surface area (Å²) in [6.45, 7) is 3.05. The van der Waals surface area contributed by atoms with E-state index in [-0.39, 0.29) is 21.2 Å². The molecule has 1 N–H and O–H groups in total. The fraction of sp³-hybridized carbons (Fsp3) is 0.346. The van der Waals surface area contributed by atoms with Crippen molar-refractivity contribution in [3.05, 3.63) is 59.8 Å². The Morgan fingerprint density at radius 3 is 2.29 bits per heavy atom. The third-order valence-corrected chi connectivity index (χ3v) is 8.32. The molecule has 4 heterocycles. The predicted molar refractivity (Wildman–Crippen MR) is 131 cm³/mol. The predicted octanol–water partition coefficient (Wildman–Crippen LogP) is 3.02. The summed E-state index contributed by atoms with van der Waals surface area (Å²) in [4.78, 5) is 30.6. The summed E-state index contributed by atoms with van der Waals surface area (Å²) >= 11 is 0. The third-order valence-electron chi connectivity index (χ3n) is 8.32. The van der Waals surface area contributed by atoms with Gasteiger partial charge in [0.05, 0.1) is 6.07 Å². The van der Waals surface area contributed by atoms with E-state index in [2.05, 4.69) is 21.5 Å². The summed E-state index contributed by atoms with van der Waals surface area (Å²) < 4.78 is 1.82. The minimum absolute atomic E-state index is 0. The molecule has 0 spiro atoms. The van der Waals surface area contributed by atoms with Gasteiger partial charge in [-0.2, -0.15) is 20.7 Å². The monoisotopic (exact) mass is 469 g/mol. The van der Waals surface area contributed by atoms with Crippen LogP contribution in [0.3, 0.4) is 0 Å². The van der Waals surface area contributed by atoms with Crippen LogP contribution in [0.4, 0.5) is 0 Å². The largest absolute Gasteiger partial charge is 0.338 e. The van der Waals surface area contributed by atoms with E-state index in [1.54, 1.807) is 6.07 Å². The number of carbonyl (C=O) groups is 2. The zero-order chi connectivity index (χ0) is 23.7. The van der Waals surface area contributed by atoms with Crippen molar-refractivity contribution in [1.82, 2.24) is 29.8 Å². The fourth-order valence-electron chi connectivity index (χ4n) is 6.65. The zero-order valence-electron chi connectivity index (χ0n) is 19.0. The maximum Gasteiger partial charge on any atom is 0.270 e. The van der Waals surface area contributed by atoms with Gasteiger partial charge in [0.1, 0.15) is 23.3 Å². The molecule has 3 fully saturated rings. The number of nitrogens with zero attached hydrogens (tertiary/aromatic N) is 6. The molecule has 1 saturated carbocycles. The van der Waals surface area contributed by atoms with Gasteiger partial charge in [-0.05, 0) is 54.0 Å². The number of benzene rings is 2. The molecule has 2 aromatic heterocycles. The Labute approximate surface area is 203 Å². The molecule has 2 unspecified atom stereocenters. The fourth-order valence-corrected chi connectivity index (χ4v) is 6.65. The first-order chi connectivity index (χ1) is 17.1. The first kappa shape index (κ1) is 20.2. The number of hydrogen-bond acceptors (Lipinski definition) is 5.